The Bertz CT molecular complexity index is 1250. The lowest BCUT2D eigenvalue weighted by atomic mass is 10.1. The third-order valence-electron chi connectivity index (χ3n) is 6.18. The SMILES string of the molecule is CC(=O)N1c2ccc(S(=O)(=O)N3CCCC3C(=O)Nc3cccc(C(F)(F)F)c3)cc2CC1C. The lowest BCUT2D eigenvalue weighted by molar-refractivity contribution is -0.137. The third kappa shape index (κ3) is 4.41. The number of alkyl halides is 3. The van der Waals surface area contributed by atoms with E-state index in [4.69, 9.17) is 0 Å². The van der Waals surface area contributed by atoms with Gasteiger partial charge in [-0.3, -0.25) is 9.59 Å². The summed E-state index contributed by atoms with van der Waals surface area (Å²) >= 11 is 0. The van der Waals surface area contributed by atoms with Crippen LogP contribution < -0.4 is 10.2 Å². The molecule has 0 aromatic heterocycles. The molecule has 2 heterocycles. The predicted octanol–water partition coefficient (Wildman–Crippen LogP) is 3.79. The molecular formula is C23H24F3N3O4S. The number of benzene rings is 2. The molecule has 1 saturated heterocycles. The molecular weight excluding hydrogens is 471 g/mol. The molecule has 1 N–H and O–H groups in total. The number of hydrogen-bond acceptors (Lipinski definition) is 4. The average molecular weight is 496 g/mol. The van der Waals surface area contributed by atoms with Crippen LogP contribution in [0.1, 0.15) is 37.8 Å². The topological polar surface area (TPSA) is 86.8 Å². The average Bonchev–Trinajstić information content (AvgIpc) is 3.37. The molecule has 0 bridgehead atoms. The Balaban J connectivity index is 1.57. The number of fused-ring (bicyclic) bond motifs is 1. The number of anilines is 2. The number of nitrogens with one attached hydrogen (secondary N) is 1. The Morgan fingerprint density at radius 3 is 2.53 bits per heavy atom. The number of nitrogens with zero attached hydrogens (tertiary/aromatic N) is 2. The van der Waals surface area contributed by atoms with Crippen LogP contribution in [0.4, 0.5) is 24.5 Å². The maximum atomic E-state index is 13.4. The van der Waals surface area contributed by atoms with Crippen LogP contribution in [0.25, 0.3) is 0 Å². The molecule has 1 fully saturated rings. The molecule has 0 radical (unpaired) electrons. The number of halogens is 3. The fraction of sp³-hybridized carbons (Fsp3) is 0.391. The van der Waals surface area contributed by atoms with Crippen LogP contribution in [0.2, 0.25) is 0 Å². The maximum Gasteiger partial charge on any atom is 0.416 e. The van der Waals surface area contributed by atoms with Gasteiger partial charge in [-0.05, 0) is 68.1 Å². The van der Waals surface area contributed by atoms with Gasteiger partial charge < -0.3 is 10.2 Å². The molecule has 0 spiro atoms. The molecule has 0 aliphatic carbocycles. The number of carbonyl (C=O) groups excluding carboxylic acids is 2. The maximum absolute atomic E-state index is 13.4. The Hall–Kier alpha value is -2.92. The number of hydrogen-bond donors (Lipinski definition) is 1. The monoisotopic (exact) mass is 495 g/mol. The highest BCUT2D eigenvalue weighted by atomic mass is 32.2. The van der Waals surface area contributed by atoms with E-state index in [1.165, 1.54) is 31.2 Å². The van der Waals surface area contributed by atoms with Crippen molar-refractivity contribution in [1.29, 1.82) is 0 Å². The van der Waals surface area contributed by atoms with Crippen molar-refractivity contribution < 1.29 is 31.2 Å². The standard InChI is InChI=1S/C23H24F3N3O4S/c1-14-11-16-12-19(8-9-20(16)29(14)15(2)30)34(32,33)28-10-4-7-21(28)22(31)27-18-6-3-5-17(13-18)23(24,25)26/h3,5-6,8-9,12-14,21H,4,7,10-11H2,1-2H3,(H,27,31). The van der Waals surface area contributed by atoms with Crippen molar-refractivity contribution in [3.63, 3.8) is 0 Å². The van der Waals surface area contributed by atoms with Gasteiger partial charge in [0.25, 0.3) is 0 Å². The predicted molar refractivity (Wildman–Crippen MR) is 120 cm³/mol. The molecule has 0 saturated carbocycles. The summed E-state index contributed by atoms with van der Waals surface area (Å²) in [7, 11) is -4.04. The van der Waals surface area contributed by atoms with E-state index in [-0.39, 0.29) is 35.5 Å². The molecule has 11 heteroatoms. The van der Waals surface area contributed by atoms with Crippen molar-refractivity contribution in [3.8, 4) is 0 Å². The van der Waals surface area contributed by atoms with E-state index in [0.717, 1.165) is 22.0 Å². The quantitative estimate of drug-likeness (QED) is 0.699. The summed E-state index contributed by atoms with van der Waals surface area (Å²) < 4.78 is 66.8. The lowest BCUT2D eigenvalue weighted by Gasteiger charge is -2.24. The minimum absolute atomic E-state index is 0.0163. The van der Waals surface area contributed by atoms with Gasteiger partial charge in [0.05, 0.1) is 10.5 Å². The van der Waals surface area contributed by atoms with Gasteiger partial charge in [-0.25, -0.2) is 8.42 Å². The molecule has 2 aliphatic heterocycles. The molecule has 2 aromatic carbocycles. The van der Waals surface area contributed by atoms with E-state index in [1.807, 2.05) is 6.92 Å². The lowest BCUT2D eigenvalue weighted by Crippen LogP contribution is -2.43. The summed E-state index contributed by atoms with van der Waals surface area (Å²) in [5.41, 5.74) is 0.431. The minimum Gasteiger partial charge on any atom is -0.325 e. The van der Waals surface area contributed by atoms with Crippen LogP contribution >= 0.6 is 0 Å². The molecule has 2 aromatic rings. The number of rotatable bonds is 4. The number of carbonyl (C=O) groups is 2. The van der Waals surface area contributed by atoms with E-state index in [1.54, 1.807) is 11.0 Å². The number of sulfonamides is 1. The number of amides is 2. The first-order valence-electron chi connectivity index (χ1n) is 10.8. The Morgan fingerprint density at radius 1 is 1.12 bits per heavy atom. The Kier molecular flexibility index (Phi) is 6.19. The van der Waals surface area contributed by atoms with Crippen LogP contribution in [0.3, 0.4) is 0 Å². The van der Waals surface area contributed by atoms with E-state index in [2.05, 4.69) is 5.32 Å². The van der Waals surface area contributed by atoms with E-state index in [0.29, 0.717) is 18.5 Å². The van der Waals surface area contributed by atoms with Crippen molar-refractivity contribution >= 4 is 33.2 Å². The molecule has 2 atom stereocenters. The van der Waals surface area contributed by atoms with Crippen molar-refractivity contribution in [2.45, 2.75) is 56.3 Å². The fourth-order valence-electron chi connectivity index (χ4n) is 4.67. The second-order valence-corrected chi connectivity index (χ2v) is 10.5. The summed E-state index contributed by atoms with van der Waals surface area (Å²) in [4.78, 5) is 26.5. The zero-order valence-electron chi connectivity index (χ0n) is 18.6. The smallest absolute Gasteiger partial charge is 0.325 e. The minimum atomic E-state index is -4.56. The summed E-state index contributed by atoms with van der Waals surface area (Å²) in [6.07, 6.45) is -3.35. The zero-order valence-corrected chi connectivity index (χ0v) is 19.4. The second-order valence-electron chi connectivity index (χ2n) is 8.57. The fourth-order valence-corrected chi connectivity index (χ4v) is 6.38. The first-order chi connectivity index (χ1) is 15.9. The van der Waals surface area contributed by atoms with Gasteiger partial charge >= 0.3 is 6.18 Å². The first kappa shape index (κ1) is 24.2. The third-order valence-corrected chi connectivity index (χ3v) is 8.08. The molecule has 4 rings (SSSR count). The van der Waals surface area contributed by atoms with Gasteiger partial charge in [0.15, 0.2) is 0 Å². The first-order valence-corrected chi connectivity index (χ1v) is 12.3. The second kappa shape index (κ2) is 8.70. The van der Waals surface area contributed by atoms with Gasteiger partial charge in [0.1, 0.15) is 6.04 Å². The van der Waals surface area contributed by atoms with Crippen LogP contribution in [-0.4, -0.2) is 43.2 Å². The summed E-state index contributed by atoms with van der Waals surface area (Å²) in [5.74, 6) is -0.814. The Morgan fingerprint density at radius 2 is 1.85 bits per heavy atom. The largest absolute Gasteiger partial charge is 0.416 e. The summed E-state index contributed by atoms with van der Waals surface area (Å²) in [6, 6.07) is 7.62. The molecule has 2 amide bonds. The zero-order chi connectivity index (χ0) is 24.8. The van der Waals surface area contributed by atoms with Crippen LogP contribution in [0.5, 0.6) is 0 Å². The summed E-state index contributed by atoms with van der Waals surface area (Å²) in [5, 5.41) is 2.43. The van der Waals surface area contributed by atoms with Gasteiger partial charge in [-0.2, -0.15) is 17.5 Å². The van der Waals surface area contributed by atoms with Crippen molar-refractivity contribution in [3.05, 3.63) is 53.6 Å². The van der Waals surface area contributed by atoms with E-state index >= 15 is 0 Å². The van der Waals surface area contributed by atoms with Crippen LogP contribution in [0.15, 0.2) is 47.4 Å². The van der Waals surface area contributed by atoms with Gasteiger partial charge in [0, 0.05) is 30.9 Å². The van der Waals surface area contributed by atoms with Crippen molar-refractivity contribution in [2.75, 3.05) is 16.8 Å². The molecule has 34 heavy (non-hydrogen) atoms. The van der Waals surface area contributed by atoms with Crippen molar-refractivity contribution in [1.82, 2.24) is 4.31 Å². The van der Waals surface area contributed by atoms with E-state index < -0.39 is 33.7 Å². The molecule has 2 aliphatic rings. The highest BCUT2D eigenvalue weighted by molar-refractivity contribution is 7.89. The molecule has 2 unspecified atom stereocenters. The molecule has 182 valence electrons. The van der Waals surface area contributed by atoms with Gasteiger partial charge in [-0.15, -0.1) is 0 Å². The van der Waals surface area contributed by atoms with Crippen molar-refractivity contribution in [2.24, 2.45) is 0 Å². The highest BCUT2D eigenvalue weighted by Crippen LogP contribution is 2.36. The van der Waals surface area contributed by atoms with Crippen LogP contribution in [0, 0.1) is 0 Å². The highest BCUT2D eigenvalue weighted by Gasteiger charge is 2.40. The normalized spacial score (nSPS) is 20.9. The van der Waals surface area contributed by atoms with E-state index in [9.17, 15) is 31.2 Å². The van der Waals surface area contributed by atoms with Gasteiger partial charge in [-0.1, -0.05) is 6.07 Å². The van der Waals surface area contributed by atoms with Gasteiger partial charge in [0.2, 0.25) is 21.8 Å². The summed E-state index contributed by atoms with van der Waals surface area (Å²) in [6.45, 7) is 3.45. The van der Waals surface area contributed by atoms with Crippen LogP contribution in [-0.2, 0) is 32.2 Å². The molecule has 7 nitrogen and oxygen atoms in total. The Labute approximate surface area is 195 Å².